The topological polar surface area (TPSA) is 67.4 Å². The van der Waals surface area contributed by atoms with E-state index >= 15 is 0 Å². The predicted octanol–water partition coefficient (Wildman–Crippen LogP) is 5.90. The molecule has 0 saturated carbocycles. The van der Waals surface area contributed by atoms with Crippen LogP contribution >= 0.6 is 23.2 Å². The van der Waals surface area contributed by atoms with Gasteiger partial charge in [-0.3, -0.25) is 9.59 Å². The van der Waals surface area contributed by atoms with E-state index in [1.807, 2.05) is 6.92 Å². The molecule has 2 N–H and O–H groups in total. The molecule has 0 spiro atoms. The highest BCUT2D eigenvalue weighted by Crippen LogP contribution is 2.26. The number of hydrogen-bond donors (Lipinski definition) is 2. The van der Waals surface area contributed by atoms with E-state index in [0.717, 1.165) is 0 Å². The molecule has 3 aromatic rings. The highest BCUT2D eigenvalue weighted by molar-refractivity contribution is 6.32. The number of carbonyl (C=O) groups excluding carboxylic acids is 2. The molecule has 0 aliphatic heterocycles. The highest BCUT2D eigenvalue weighted by atomic mass is 35.5. The van der Waals surface area contributed by atoms with Crippen molar-refractivity contribution in [2.24, 2.45) is 0 Å². The SMILES string of the molecule is CCOc1ccc(C(=O)Nc2cccc(NC(=O)c3cccc(Cl)c3)c2)cc1Cl. The van der Waals surface area contributed by atoms with Crippen molar-refractivity contribution in [2.75, 3.05) is 17.2 Å². The zero-order valence-electron chi connectivity index (χ0n) is 15.5. The van der Waals surface area contributed by atoms with Crippen molar-refractivity contribution in [2.45, 2.75) is 6.92 Å². The van der Waals surface area contributed by atoms with Crippen LogP contribution in [0.5, 0.6) is 5.75 Å². The van der Waals surface area contributed by atoms with Crippen molar-refractivity contribution < 1.29 is 14.3 Å². The van der Waals surface area contributed by atoms with Gasteiger partial charge in [0.1, 0.15) is 5.75 Å². The third-order valence-corrected chi connectivity index (χ3v) is 4.49. The second-order valence-corrected chi connectivity index (χ2v) is 6.92. The summed E-state index contributed by atoms with van der Waals surface area (Å²) in [7, 11) is 0. The number of anilines is 2. The second-order valence-electron chi connectivity index (χ2n) is 6.08. The Labute approximate surface area is 178 Å². The first kappa shape index (κ1) is 20.7. The molecule has 0 heterocycles. The summed E-state index contributed by atoms with van der Waals surface area (Å²) in [4.78, 5) is 24.9. The van der Waals surface area contributed by atoms with Crippen molar-refractivity contribution in [3.63, 3.8) is 0 Å². The molecule has 0 aliphatic carbocycles. The van der Waals surface area contributed by atoms with Crippen LogP contribution in [0.25, 0.3) is 0 Å². The Morgan fingerprint density at radius 1 is 0.828 bits per heavy atom. The minimum atomic E-state index is -0.326. The van der Waals surface area contributed by atoms with Crippen molar-refractivity contribution in [1.29, 1.82) is 0 Å². The molecule has 7 heteroatoms. The Morgan fingerprint density at radius 3 is 2.03 bits per heavy atom. The maximum atomic E-state index is 12.5. The van der Waals surface area contributed by atoms with Crippen molar-refractivity contribution in [1.82, 2.24) is 0 Å². The van der Waals surface area contributed by atoms with Gasteiger partial charge in [-0.25, -0.2) is 0 Å². The van der Waals surface area contributed by atoms with E-state index in [0.29, 0.717) is 44.9 Å². The third kappa shape index (κ3) is 5.50. The van der Waals surface area contributed by atoms with Gasteiger partial charge in [0, 0.05) is 27.5 Å². The molecule has 0 unspecified atom stereocenters. The highest BCUT2D eigenvalue weighted by Gasteiger charge is 2.11. The van der Waals surface area contributed by atoms with Gasteiger partial charge in [0.2, 0.25) is 0 Å². The van der Waals surface area contributed by atoms with Crippen LogP contribution in [-0.4, -0.2) is 18.4 Å². The standard InChI is InChI=1S/C22H18Cl2N2O3/c1-2-29-20-10-9-15(12-19(20)24)22(28)26-18-8-4-7-17(13-18)25-21(27)14-5-3-6-16(23)11-14/h3-13H,2H2,1H3,(H,25,27)(H,26,28). The van der Waals surface area contributed by atoms with E-state index in [4.69, 9.17) is 27.9 Å². The number of rotatable bonds is 6. The summed E-state index contributed by atoms with van der Waals surface area (Å²) < 4.78 is 5.37. The number of nitrogens with one attached hydrogen (secondary N) is 2. The summed E-state index contributed by atoms with van der Waals surface area (Å²) in [6.45, 7) is 2.34. The predicted molar refractivity (Wildman–Crippen MR) is 116 cm³/mol. The van der Waals surface area contributed by atoms with E-state index in [2.05, 4.69) is 10.6 Å². The van der Waals surface area contributed by atoms with Crippen LogP contribution in [0, 0.1) is 0 Å². The van der Waals surface area contributed by atoms with Crippen LogP contribution in [0.3, 0.4) is 0 Å². The number of amides is 2. The molecule has 2 amide bonds. The number of halogens is 2. The van der Waals surface area contributed by atoms with E-state index in [1.165, 1.54) is 0 Å². The molecule has 3 rings (SSSR count). The maximum Gasteiger partial charge on any atom is 0.255 e. The molecule has 0 radical (unpaired) electrons. The first-order valence-corrected chi connectivity index (χ1v) is 9.62. The van der Waals surface area contributed by atoms with Crippen LogP contribution in [0.4, 0.5) is 11.4 Å². The Bertz CT molecular complexity index is 1050. The molecule has 3 aromatic carbocycles. The molecule has 5 nitrogen and oxygen atoms in total. The molecule has 0 aliphatic rings. The van der Waals surface area contributed by atoms with Crippen molar-refractivity contribution in [3.8, 4) is 5.75 Å². The van der Waals surface area contributed by atoms with Gasteiger partial charge in [-0.1, -0.05) is 35.3 Å². The van der Waals surface area contributed by atoms with Crippen LogP contribution in [-0.2, 0) is 0 Å². The molecule has 0 bridgehead atoms. The van der Waals surface area contributed by atoms with E-state index in [1.54, 1.807) is 66.7 Å². The van der Waals surface area contributed by atoms with Crippen LogP contribution in [0.15, 0.2) is 66.7 Å². The van der Waals surface area contributed by atoms with E-state index in [-0.39, 0.29) is 11.8 Å². The molecule has 0 aromatic heterocycles. The van der Waals surface area contributed by atoms with Crippen molar-refractivity contribution in [3.05, 3.63) is 87.9 Å². The lowest BCUT2D eigenvalue weighted by Gasteiger charge is -2.10. The van der Waals surface area contributed by atoms with Gasteiger partial charge in [0.05, 0.1) is 11.6 Å². The van der Waals surface area contributed by atoms with Gasteiger partial charge in [-0.15, -0.1) is 0 Å². The summed E-state index contributed by atoms with van der Waals surface area (Å²) in [6.07, 6.45) is 0. The van der Waals surface area contributed by atoms with Crippen LogP contribution in [0.2, 0.25) is 10.0 Å². The van der Waals surface area contributed by atoms with Crippen LogP contribution < -0.4 is 15.4 Å². The van der Waals surface area contributed by atoms with Gasteiger partial charge >= 0.3 is 0 Å². The molecule has 0 saturated heterocycles. The minimum absolute atomic E-state index is 0.297. The van der Waals surface area contributed by atoms with Gasteiger partial charge in [-0.2, -0.15) is 0 Å². The zero-order valence-corrected chi connectivity index (χ0v) is 17.1. The van der Waals surface area contributed by atoms with E-state index < -0.39 is 0 Å². The molecule has 0 atom stereocenters. The van der Waals surface area contributed by atoms with Gasteiger partial charge in [0.15, 0.2) is 0 Å². The third-order valence-electron chi connectivity index (χ3n) is 3.96. The average Bonchev–Trinajstić information content (AvgIpc) is 2.70. The van der Waals surface area contributed by atoms with Crippen molar-refractivity contribution >= 4 is 46.4 Å². The quantitative estimate of drug-likeness (QED) is 0.513. The first-order valence-electron chi connectivity index (χ1n) is 8.87. The summed E-state index contributed by atoms with van der Waals surface area (Å²) in [6, 6.07) is 18.3. The Hall–Kier alpha value is -3.02. The molecule has 148 valence electrons. The lowest BCUT2D eigenvalue weighted by molar-refractivity contribution is 0.101. The number of hydrogen-bond acceptors (Lipinski definition) is 3. The Morgan fingerprint density at radius 2 is 1.45 bits per heavy atom. The number of ether oxygens (including phenoxy) is 1. The fourth-order valence-corrected chi connectivity index (χ4v) is 3.05. The Balaban J connectivity index is 1.70. The Kier molecular flexibility index (Phi) is 6.75. The molecular formula is C22H18Cl2N2O3. The monoisotopic (exact) mass is 428 g/mol. The molecular weight excluding hydrogens is 411 g/mol. The zero-order chi connectivity index (χ0) is 20.8. The summed E-state index contributed by atoms with van der Waals surface area (Å²) >= 11 is 12.1. The number of carbonyl (C=O) groups is 2. The van der Waals surface area contributed by atoms with Gasteiger partial charge in [-0.05, 0) is 61.5 Å². The lowest BCUT2D eigenvalue weighted by atomic mass is 10.2. The summed E-state index contributed by atoms with van der Waals surface area (Å²) in [5, 5.41) is 6.41. The maximum absolute atomic E-state index is 12.5. The minimum Gasteiger partial charge on any atom is -0.492 e. The van der Waals surface area contributed by atoms with Gasteiger partial charge in [0.25, 0.3) is 11.8 Å². The fourth-order valence-electron chi connectivity index (χ4n) is 2.63. The van der Waals surface area contributed by atoms with Gasteiger partial charge < -0.3 is 15.4 Å². The molecule has 0 fully saturated rings. The largest absolute Gasteiger partial charge is 0.492 e. The summed E-state index contributed by atoms with van der Waals surface area (Å²) in [5.41, 5.74) is 1.91. The van der Waals surface area contributed by atoms with Crippen LogP contribution in [0.1, 0.15) is 27.6 Å². The lowest BCUT2D eigenvalue weighted by Crippen LogP contribution is -2.14. The first-order chi connectivity index (χ1) is 14.0. The second kappa shape index (κ2) is 9.45. The molecule has 29 heavy (non-hydrogen) atoms. The normalized spacial score (nSPS) is 10.3. The summed E-state index contributed by atoms with van der Waals surface area (Å²) in [5.74, 6) is -0.0982. The smallest absolute Gasteiger partial charge is 0.255 e. The average molecular weight is 429 g/mol. The number of benzene rings is 3. The fraction of sp³-hybridized carbons (Fsp3) is 0.0909. The van der Waals surface area contributed by atoms with E-state index in [9.17, 15) is 9.59 Å².